The van der Waals surface area contributed by atoms with E-state index in [0.29, 0.717) is 6.04 Å². The normalized spacial score (nSPS) is 11.1. The van der Waals surface area contributed by atoms with Crippen molar-refractivity contribution in [2.24, 2.45) is 0 Å². The zero-order valence-corrected chi connectivity index (χ0v) is 11.3. The zero-order valence-electron chi connectivity index (χ0n) is 11.3. The molecule has 0 unspecified atom stereocenters. The SMILES string of the molecule is CCCn1cncc1CNc1cnn(C(C)C)c1. The lowest BCUT2D eigenvalue weighted by Gasteiger charge is -2.07. The molecule has 2 heterocycles. The number of nitrogens with one attached hydrogen (secondary N) is 1. The molecule has 0 aromatic carbocycles. The van der Waals surface area contributed by atoms with Crippen molar-refractivity contribution in [1.29, 1.82) is 0 Å². The summed E-state index contributed by atoms with van der Waals surface area (Å²) in [6.45, 7) is 8.20. The zero-order chi connectivity index (χ0) is 13.0. The molecule has 0 aliphatic heterocycles. The molecule has 0 fully saturated rings. The van der Waals surface area contributed by atoms with Crippen molar-refractivity contribution in [1.82, 2.24) is 19.3 Å². The van der Waals surface area contributed by atoms with E-state index in [9.17, 15) is 0 Å². The van der Waals surface area contributed by atoms with E-state index < -0.39 is 0 Å². The topological polar surface area (TPSA) is 47.7 Å². The number of aryl methyl sites for hydroxylation is 1. The van der Waals surface area contributed by atoms with Gasteiger partial charge in [0.25, 0.3) is 0 Å². The van der Waals surface area contributed by atoms with Gasteiger partial charge in [0.05, 0.1) is 30.5 Å². The molecule has 0 aliphatic rings. The van der Waals surface area contributed by atoms with E-state index in [-0.39, 0.29) is 0 Å². The summed E-state index contributed by atoms with van der Waals surface area (Å²) >= 11 is 0. The van der Waals surface area contributed by atoms with Gasteiger partial charge in [-0.1, -0.05) is 6.92 Å². The van der Waals surface area contributed by atoms with Gasteiger partial charge in [0.15, 0.2) is 0 Å². The average Bonchev–Trinajstić information content (AvgIpc) is 2.95. The highest BCUT2D eigenvalue weighted by molar-refractivity contribution is 5.38. The Kier molecular flexibility index (Phi) is 4.02. The summed E-state index contributed by atoms with van der Waals surface area (Å²) in [7, 11) is 0. The molecule has 0 bridgehead atoms. The lowest BCUT2D eigenvalue weighted by atomic mass is 10.4. The van der Waals surface area contributed by atoms with Crippen LogP contribution in [-0.2, 0) is 13.1 Å². The van der Waals surface area contributed by atoms with Gasteiger partial charge in [-0.2, -0.15) is 5.10 Å². The molecule has 5 heteroatoms. The highest BCUT2D eigenvalue weighted by Crippen LogP contribution is 2.11. The molecular formula is C13H21N5. The maximum atomic E-state index is 4.31. The van der Waals surface area contributed by atoms with Gasteiger partial charge >= 0.3 is 0 Å². The lowest BCUT2D eigenvalue weighted by Crippen LogP contribution is -2.06. The van der Waals surface area contributed by atoms with Crippen molar-refractivity contribution in [3.63, 3.8) is 0 Å². The maximum Gasteiger partial charge on any atom is 0.0948 e. The van der Waals surface area contributed by atoms with Crippen LogP contribution >= 0.6 is 0 Å². The monoisotopic (exact) mass is 247 g/mol. The Hall–Kier alpha value is -1.78. The third-order valence-electron chi connectivity index (χ3n) is 2.87. The van der Waals surface area contributed by atoms with Crippen LogP contribution in [0.5, 0.6) is 0 Å². The van der Waals surface area contributed by atoms with E-state index in [1.54, 1.807) is 0 Å². The van der Waals surface area contributed by atoms with E-state index in [2.05, 4.69) is 40.7 Å². The molecule has 18 heavy (non-hydrogen) atoms. The number of hydrogen-bond donors (Lipinski definition) is 1. The van der Waals surface area contributed by atoms with Crippen LogP contribution in [0, 0.1) is 0 Å². The molecular weight excluding hydrogens is 226 g/mol. The Bertz CT molecular complexity index is 483. The number of imidazole rings is 1. The fraction of sp³-hybridized carbons (Fsp3) is 0.538. The second-order valence-corrected chi connectivity index (χ2v) is 4.73. The molecule has 0 saturated carbocycles. The van der Waals surface area contributed by atoms with Gasteiger partial charge in [-0.25, -0.2) is 4.98 Å². The average molecular weight is 247 g/mol. The number of rotatable bonds is 6. The van der Waals surface area contributed by atoms with E-state index in [1.807, 2.05) is 29.6 Å². The lowest BCUT2D eigenvalue weighted by molar-refractivity contribution is 0.532. The van der Waals surface area contributed by atoms with Gasteiger partial charge in [0.1, 0.15) is 0 Å². The van der Waals surface area contributed by atoms with Crippen LogP contribution in [0.3, 0.4) is 0 Å². The largest absolute Gasteiger partial charge is 0.377 e. The van der Waals surface area contributed by atoms with Gasteiger partial charge in [-0.05, 0) is 20.3 Å². The quantitative estimate of drug-likeness (QED) is 0.853. The Morgan fingerprint density at radius 1 is 1.33 bits per heavy atom. The summed E-state index contributed by atoms with van der Waals surface area (Å²) in [6, 6.07) is 0.395. The number of hydrogen-bond acceptors (Lipinski definition) is 3. The summed E-state index contributed by atoms with van der Waals surface area (Å²) in [5, 5.41) is 7.68. The van der Waals surface area contributed by atoms with E-state index in [0.717, 1.165) is 25.2 Å². The smallest absolute Gasteiger partial charge is 0.0948 e. The highest BCUT2D eigenvalue weighted by Gasteiger charge is 2.04. The van der Waals surface area contributed by atoms with Crippen molar-refractivity contribution in [3.05, 3.63) is 30.6 Å². The molecule has 2 aromatic rings. The molecule has 98 valence electrons. The molecule has 1 N–H and O–H groups in total. The minimum atomic E-state index is 0.395. The summed E-state index contributed by atoms with van der Waals surface area (Å²) in [6.07, 6.45) is 8.81. The summed E-state index contributed by atoms with van der Waals surface area (Å²) in [5.41, 5.74) is 2.25. The molecule has 2 aromatic heterocycles. The third-order valence-corrected chi connectivity index (χ3v) is 2.87. The van der Waals surface area contributed by atoms with Gasteiger partial charge in [0.2, 0.25) is 0 Å². The van der Waals surface area contributed by atoms with Crippen LogP contribution in [0.25, 0.3) is 0 Å². The van der Waals surface area contributed by atoms with E-state index in [4.69, 9.17) is 0 Å². The highest BCUT2D eigenvalue weighted by atomic mass is 15.3. The number of anilines is 1. The molecule has 0 saturated heterocycles. The first-order valence-electron chi connectivity index (χ1n) is 6.47. The van der Waals surface area contributed by atoms with E-state index >= 15 is 0 Å². The summed E-state index contributed by atoms with van der Waals surface area (Å²) in [5.74, 6) is 0. The van der Waals surface area contributed by atoms with Crippen LogP contribution in [0.1, 0.15) is 38.9 Å². The van der Waals surface area contributed by atoms with Crippen LogP contribution < -0.4 is 5.32 Å². The first-order valence-corrected chi connectivity index (χ1v) is 6.47. The van der Waals surface area contributed by atoms with Crippen molar-refractivity contribution in [2.45, 2.75) is 46.3 Å². The molecule has 2 rings (SSSR count). The maximum absolute atomic E-state index is 4.31. The van der Waals surface area contributed by atoms with Gasteiger partial charge in [-0.15, -0.1) is 0 Å². The van der Waals surface area contributed by atoms with Crippen molar-refractivity contribution < 1.29 is 0 Å². The Balaban J connectivity index is 1.95. The first-order chi connectivity index (χ1) is 8.70. The predicted molar refractivity (Wildman–Crippen MR) is 72.5 cm³/mol. The van der Waals surface area contributed by atoms with Gasteiger partial charge < -0.3 is 9.88 Å². The van der Waals surface area contributed by atoms with Gasteiger partial charge in [0, 0.05) is 25.0 Å². The van der Waals surface area contributed by atoms with Crippen LogP contribution in [0.2, 0.25) is 0 Å². The first kappa shape index (κ1) is 12.7. The Morgan fingerprint density at radius 3 is 2.83 bits per heavy atom. The minimum Gasteiger partial charge on any atom is -0.377 e. The summed E-state index contributed by atoms with van der Waals surface area (Å²) < 4.78 is 4.13. The molecule has 0 amide bonds. The Morgan fingerprint density at radius 2 is 2.17 bits per heavy atom. The van der Waals surface area contributed by atoms with Crippen LogP contribution in [0.15, 0.2) is 24.9 Å². The molecule has 0 atom stereocenters. The minimum absolute atomic E-state index is 0.395. The fourth-order valence-electron chi connectivity index (χ4n) is 1.84. The predicted octanol–water partition coefficient (Wildman–Crippen LogP) is 2.68. The van der Waals surface area contributed by atoms with E-state index in [1.165, 1.54) is 5.69 Å². The molecule has 0 spiro atoms. The third kappa shape index (κ3) is 2.91. The summed E-state index contributed by atoms with van der Waals surface area (Å²) in [4.78, 5) is 4.19. The van der Waals surface area contributed by atoms with Crippen LogP contribution in [0.4, 0.5) is 5.69 Å². The number of nitrogens with zero attached hydrogens (tertiary/aromatic N) is 4. The van der Waals surface area contributed by atoms with Crippen molar-refractivity contribution in [3.8, 4) is 0 Å². The fourth-order valence-corrected chi connectivity index (χ4v) is 1.84. The van der Waals surface area contributed by atoms with Gasteiger partial charge in [-0.3, -0.25) is 4.68 Å². The van der Waals surface area contributed by atoms with Crippen molar-refractivity contribution >= 4 is 5.69 Å². The molecule has 0 aliphatic carbocycles. The second-order valence-electron chi connectivity index (χ2n) is 4.73. The molecule has 5 nitrogen and oxygen atoms in total. The van der Waals surface area contributed by atoms with Crippen molar-refractivity contribution in [2.75, 3.05) is 5.32 Å². The standard InChI is InChI=1S/C13H21N5/c1-4-5-17-10-14-7-13(17)8-15-12-6-16-18(9-12)11(2)3/h6-7,9-11,15H,4-5,8H2,1-3H3. The second kappa shape index (κ2) is 5.71. The number of aromatic nitrogens is 4. The molecule has 0 radical (unpaired) electrons. The van der Waals surface area contributed by atoms with Crippen LogP contribution in [-0.4, -0.2) is 19.3 Å². The Labute approximate surface area is 108 Å².